The minimum absolute atomic E-state index is 0.0926. The van der Waals surface area contributed by atoms with Gasteiger partial charge in [0.1, 0.15) is 48.0 Å². The third kappa shape index (κ3) is 5.74. The summed E-state index contributed by atoms with van der Waals surface area (Å²) in [5, 5.41) is 38.4. The van der Waals surface area contributed by atoms with Crippen molar-refractivity contribution in [2.75, 3.05) is 12.3 Å². The number of aliphatic hydroxyl groups is 2. The van der Waals surface area contributed by atoms with Gasteiger partial charge in [-0.1, -0.05) is 18.2 Å². The zero-order chi connectivity index (χ0) is 28.4. The fourth-order valence-electron chi connectivity index (χ4n) is 4.06. The molecule has 39 heavy (non-hydrogen) atoms. The third-order valence-electron chi connectivity index (χ3n) is 5.92. The molecule has 0 radical (unpaired) electrons. The number of aliphatic hydroxyl groups excluding tert-OH is 2. The summed E-state index contributed by atoms with van der Waals surface area (Å²) in [6.45, 7) is 4.17. The molecular formula is C24H29N6O8P. The number of hydrogen-bond acceptors (Lipinski definition) is 12. The summed E-state index contributed by atoms with van der Waals surface area (Å²) in [7, 11) is -4.30. The van der Waals surface area contributed by atoms with Crippen LogP contribution >= 0.6 is 7.75 Å². The van der Waals surface area contributed by atoms with Crippen molar-refractivity contribution in [1.29, 1.82) is 5.26 Å². The number of rotatable bonds is 10. The van der Waals surface area contributed by atoms with E-state index < -0.39 is 56.4 Å². The summed E-state index contributed by atoms with van der Waals surface area (Å²) in [5.74, 6) is -0.385. The molecule has 1 aliphatic rings. The number of nitriles is 1. The predicted molar refractivity (Wildman–Crippen MR) is 136 cm³/mol. The first kappa shape index (κ1) is 28.4. The first-order chi connectivity index (χ1) is 18.5. The fraction of sp³-hybridized carbons (Fsp3) is 0.417. The lowest BCUT2D eigenvalue weighted by molar-refractivity contribution is -0.149. The average Bonchev–Trinajstić information content (AvgIpc) is 3.44. The third-order valence-corrected chi connectivity index (χ3v) is 7.57. The molecule has 0 aliphatic carbocycles. The Kier molecular flexibility index (Phi) is 8.22. The van der Waals surface area contributed by atoms with Crippen LogP contribution in [0.3, 0.4) is 0 Å². The lowest BCUT2D eigenvalue weighted by Crippen LogP contribution is -2.41. The summed E-state index contributed by atoms with van der Waals surface area (Å²) in [4.78, 5) is 16.2. The molecular weight excluding hydrogens is 531 g/mol. The number of benzene rings is 1. The standard InChI is InChI=1S/C24H29N6O8P/c1-14(2)36-23(33)15(3)29-39(34,38-16-7-5-4-6-8-16)35-11-18-20(31)21(32)24(12-25,37-18)19-10-9-17-22(26)27-13-28-30(17)19/h4-10,13-15,18,20-21,31-32H,11H2,1-3H3,(H,29,34)(H2,26,27,28)/t15-,18+,20+,21+,24-,39-/m0/s1. The molecule has 0 saturated carbocycles. The Labute approximate surface area is 223 Å². The van der Waals surface area contributed by atoms with Gasteiger partial charge < -0.3 is 29.9 Å². The Balaban J connectivity index is 1.58. The van der Waals surface area contributed by atoms with Crippen molar-refractivity contribution >= 4 is 25.1 Å². The van der Waals surface area contributed by atoms with Crippen LogP contribution in [0.25, 0.3) is 5.52 Å². The van der Waals surface area contributed by atoms with Crippen molar-refractivity contribution in [2.24, 2.45) is 0 Å². The summed E-state index contributed by atoms with van der Waals surface area (Å²) in [6.07, 6.45) is -3.96. The van der Waals surface area contributed by atoms with E-state index in [1.165, 1.54) is 36.0 Å². The first-order valence-corrected chi connectivity index (χ1v) is 13.6. The topological polar surface area (TPSA) is 204 Å². The largest absolute Gasteiger partial charge is 0.462 e. The minimum atomic E-state index is -4.30. The smallest absolute Gasteiger partial charge is 0.459 e. The van der Waals surface area contributed by atoms with Crippen molar-refractivity contribution in [2.45, 2.75) is 56.8 Å². The predicted octanol–water partition coefficient (Wildman–Crippen LogP) is 1.28. The zero-order valence-electron chi connectivity index (χ0n) is 21.4. The van der Waals surface area contributed by atoms with E-state index in [1.54, 1.807) is 38.1 Å². The van der Waals surface area contributed by atoms with E-state index in [-0.39, 0.29) is 17.3 Å². The van der Waals surface area contributed by atoms with Crippen LogP contribution in [0.15, 0.2) is 48.8 Å². The molecule has 3 aromatic rings. The molecule has 208 valence electrons. The van der Waals surface area contributed by atoms with Gasteiger partial charge in [0.25, 0.3) is 0 Å². The first-order valence-electron chi connectivity index (χ1n) is 12.0. The fourth-order valence-corrected chi connectivity index (χ4v) is 5.56. The molecule has 0 unspecified atom stereocenters. The Bertz CT molecular complexity index is 1410. The number of nitrogen functional groups attached to an aromatic ring is 1. The van der Waals surface area contributed by atoms with Gasteiger partial charge in [0.15, 0.2) is 5.82 Å². The molecule has 6 atom stereocenters. The Morgan fingerprint density at radius 3 is 2.67 bits per heavy atom. The highest BCUT2D eigenvalue weighted by Gasteiger charge is 2.58. The van der Waals surface area contributed by atoms with Gasteiger partial charge in [0.2, 0.25) is 5.60 Å². The van der Waals surface area contributed by atoms with E-state index in [9.17, 15) is 24.8 Å². The van der Waals surface area contributed by atoms with Crippen molar-refractivity contribution in [1.82, 2.24) is 19.7 Å². The monoisotopic (exact) mass is 560 g/mol. The molecule has 5 N–H and O–H groups in total. The molecule has 1 saturated heterocycles. The number of nitrogens with two attached hydrogens (primary N) is 1. The molecule has 1 fully saturated rings. The Morgan fingerprint density at radius 2 is 2.00 bits per heavy atom. The number of ether oxygens (including phenoxy) is 2. The van der Waals surface area contributed by atoms with Crippen LogP contribution in [0.2, 0.25) is 0 Å². The van der Waals surface area contributed by atoms with Crippen LogP contribution in [0, 0.1) is 11.3 Å². The summed E-state index contributed by atoms with van der Waals surface area (Å²) in [5.41, 5.74) is 4.25. The van der Waals surface area contributed by atoms with Crippen LogP contribution in [0.4, 0.5) is 5.82 Å². The molecule has 1 aliphatic heterocycles. The van der Waals surface area contributed by atoms with Crippen LogP contribution in [0.5, 0.6) is 5.75 Å². The Morgan fingerprint density at radius 1 is 1.28 bits per heavy atom. The number of hydrogen-bond donors (Lipinski definition) is 4. The van der Waals surface area contributed by atoms with E-state index >= 15 is 0 Å². The second kappa shape index (κ2) is 11.3. The second-order valence-corrected chi connectivity index (χ2v) is 10.8. The lowest BCUT2D eigenvalue weighted by Gasteiger charge is -2.25. The van der Waals surface area contributed by atoms with Crippen LogP contribution in [-0.2, 0) is 29.0 Å². The Hall–Kier alpha value is -3.57. The van der Waals surface area contributed by atoms with Gasteiger partial charge in [-0.15, -0.1) is 0 Å². The quantitative estimate of drug-likeness (QED) is 0.204. The number of esters is 1. The van der Waals surface area contributed by atoms with E-state index in [4.69, 9.17) is 24.3 Å². The maximum atomic E-state index is 13.7. The summed E-state index contributed by atoms with van der Waals surface area (Å²) < 4.78 is 37.2. The summed E-state index contributed by atoms with van der Waals surface area (Å²) in [6, 6.07) is 11.9. The number of nitrogens with zero attached hydrogens (tertiary/aromatic N) is 4. The summed E-state index contributed by atoms with van der Waals surface area (Å²) >= 11 is 0. The van der Waals surface area contributed by atoms with Crippen molar-refractivity contribution in [3.8, 4) is 11.8 Å². The van der Waals surface area contributed by atoms with Crippen LogP contribution in [0.1, 0.15) is 26.5 Å². The number of para-hydroxylation sites is 1. The van der Waals surface area contributed by atoms with Gasteiger partial charge in [-0.2, -0.15) is 15.4 Å². The lowest BCUT2D eigenvalue weighted by atomic mass is 9.92. The van der Waals surface area contributed by atoms with Gasteiger partial charge in [0, 0.05) is 0 Å². The molecule has 4 rings (SSSR count). The molecule has 0 spiro atoms. The molecule has 3 heterocycles. The van der Waals surface area contributed by atoms with Gasteiger partial charge >= 0.3 is 13.7 Å². The highest BCUT2D eigenvalue weighted by molar-refractivity contribution is 7.52. The van der Waals surface area contributed by atoms with E-state index in [0.717, 1.165) is 0 Å². The average molecular weight is 561 g/mol. The normalized spacial score (nSPS) is 25.2. The number of nitrogens with one attached hydrogen (secondary N) is 1. The highest BCUT2D eigenvalue weighted by atomic mass is 31.2. The molecule has 0 bridgehead atoms. The van der Waals surface area contributed by atoms with Crippen LogP contribution in [-0.4, -0.2) is 67.8 Å². The molecule has 0 amide bonds. The van der Waals surface area contributed by atoms with Crippen molar-refractivity contribution in [3.05, 3.63) is 54.5 Å². The maximum Gasteiger partial charge on any atom is 0.459 e. The van der Waals surface area contributed by atoms with E-state index in [2.05, 4.69) is 15.2 Å². The number of carbonyl (C=O) groups excluding carboxylic acids is 1. The molecule has 1 aromatic carbocycles. The maximum absolute atomic E-state index is 13.7. The molecule has 2 aromatic heterocycles. The molecule has 14 nitrogen and oxygen atoms in total. The van der Waals surface area contributed by atoms with E-state index in [0.29, 0.717) is 5.52 Å². The highest BCUT2D eigenvalue weighted by Crippen LogP contribution is 2.47. The zero-order valence-corrected chi connectivity index (χ0v) is 22.3. The number of anilines is 1. The number of aromatic nitrogens is 3. The SMILES string of the molecule is CC(C)OC(=O)[C@H](C)N[P@](=O)(OC[C@H]1O[C@@](C#N)(c2ccc3c(N)ncnn23)[C@H](O)[C@@H]1O)Oc1ccccc1. The van der Waals surface area contributed by atoms with E-state index in [1.807, 2.05) is 6.07 Å². The van der Waals surface area contributed by atoms with Gasteiger partial charge in [-0.3, -0.25) is 9.32 Å². The van der Waals surface area contributed by atoms with Gasteiger partial charge in [-0.05, 0) is 45.0 Å². The molecule has 15 heteroatoms. The number of carbonyl (C=O) groups is 1. The number of fused-ring (bicyclic) bond motifs is 1. The van der Waals surface area contributed by atoms with Gasteiger partial charge in [0.05, 0.1) is 18.4 Å². The minimum Gasteiger partial charge on any atom is -0.462 e. The van der Waals surface area contributed by atoms with Gasteiger partial charge in [-0.25, -0.2) is 14.1 Å². The van der Waals surface area contributed by atoms with Crippen molar-refractivity contribution in [3.63, 3.8) is 0 Å². The second-order valence-electron chi connectivity index (χ2n) is 9.13. The van der Waals surface area contributed by atoms with Crippen molar-refractivity contribution < 1.29 is 38.1 Å². The van der Waals surface area contributed by atoms with Crippen LogP contribution < -0.4 is 15.3 Å².